The molecule has 6 nitrogen and oxygen atoms in total. The highest BCUT2D eigenvalue weighted by Crippen LogP contribution is 2.10. The molecule has 0 saturated heterocycles. The second-order valence-corrected chi connectivity index (χ2v) is 6.82. The molecular weight excluding hydrogens is 290 g/mol. The van der Waals surface area contributed by atoms with Crippen molar-refractivity contribution >= 4 is 15.9 Å². The predicted molar refractivity (Wildman–Crippen MR) is 82.3 cm³/mol. The van der Waals surface area contributed by atoms with E-state index in [1.807, 2.05) is 13.8 Å². The average molecular weight is 313 g/mol. The number of nitrogens with one attached hydrogen (secondary N) is 2. The molecule has 0 aromatic heterocycles. The Morgan fingerprint density at radius 3 is 2.38 bits per heavy atom. The SMILES string of the molecule is CC(C)NC(=O)CCNS(=O)(=O)c1ccc(CCN)cc1. The Hall–Kier alpha value is -1.44. The van der Waals surface area contributed by atoms with Crippen molar-refractivity contribution in [1.29, 1.82) is 0 Å². The van der Waals surface area contributed by atoms with Crippen LogP contribution >= 0.6 is 0 Å². The van der Waals surface area contributed by atoms with Crippen LogP contribution in [0.15, 0.2) is 29.2 Å². The zero-order chi connectivity index (χ0) is 15.9. The summed E-state index contributed by atoms with van der Waals surface area (Å²) < 4.78 is 26.5. The van der Waals surface area contributed by atoms with Gasteiger partial charge < -0.3 is 11.1 Å². The molecule has 0 spiro atoms. The van der Waals surface area contributed by atoms with E-state index in [2.05, 4.69) is 10.0 Å². The van der Waals surface area contributed by atoms with E-state index in [9.17, 15) is 13.2 Å². The number of nitrogens with two attached hydrogens (primary N) is 1. The maximum absolute atomic E-state index is 12.0. The van der Waals surface area contributed by atoms with Gasteiger partial charge in [-0.3, -0.25) is 4.79 Å². The van der Waals surface area contributed by atoms with Crippen LogP contribution in [0.5, 0.6) is 0 Å². The average Bonchev–Trinajstić information content (AvgIpc) is 2.38. The molecule has 118 valence electrons. The third-order valence-corrected chi connectivity index (χ3v) is 4.24. The van der Waals surface area contributed by atoms with Crippen LogP contribution in [-0.4, -0.2) is 33.5 Å². The lowest BCUT2D eigenvalue weighted by atomic mass is 10.2. The van der Waals surface area contributed by atoms with Crippen molar-refractivity contribution in [2.45, 2.75) is 37.6 Å². The lowest BCUT2D eigenvalue weighted by Gasteiger charge is -2.09. The molecule has 0 fully saturated rings. The summed E-state index contributed by atoms with van der Waals surface area (Å²) in [5, 5.41) is 2.70. The minimum Gasteiger partial charge on any atom is -0.354 e. The Kier molecular flexibility index (Phi) is 6.80. The van der Waals surface area contributed by atoms with Crippen LogP contribution in [0.4, 0.5) is 0 Å². The second-order valence-electron chi connectivity index (χ2n) is 5.05. The van der Waals surface area contributed by atoms with Crippen LogP contribution in [0.25, 0.3) is 0 Å². The first kappa shape index (κ1) is 17.6. The summed E-state index contributed by atoms with van der Waals surface area (Å²) in [7, 11) is -3.58. The topological polar surface area (TPSA) is 101 Å². The summed E-state index contributed by atoms with van der Waals surface area (Å²) >= 11 is 0. The largest absolute Gasteiger partial charge is 0.354 e. The number of rotatable bonds is 8. The normalized spacial score (nSPS) is 11.6. The molecule has 7 heteroatoms. The van der Waals surface area contributed by atoms with E-state index in [4.69, 9.17) is 5.73 Å². The van der Waals surface area contributed by atoms with Gasteiger partial charge in [-0.15, -0.1) is 0 Å². The molecule has 4 N–H and O–H groups in total. The molecule has 0 aliphatic heterocycles. The predicted octanol–water partition coefficient (Wildman–Crippen LogP) is 0.381. The first-order valence-electron chi connectivity index (χ1n) is 6.93. The Morgan fingerprint density at radius 2 is 1.86 bits per heavy atom. The van der Waals surface area contributed by atoms with E-state index in [1.165, 1.54) is 0 Å². The molecule has 0 saturated carbocycles. The first-order chi connectivity index (χ1) is 9.85. The van der Waals surface area contributed by atoms with Crippen molar-refractivity contribution in [1.82, 2.24) is 10.0 Å². The number of hydrogen-bond acceptors (Lipinski definition) is 4. The number of benzene rings is 1. The number of sulfonamides is 1. The van der Waals surface area contributed by atoms with Gasteiger partial charge in [0, 0.05) is 19.0 Å². The fraction of sp³-hybridized carbons (Fsp3) is 0.500. The first-order valence-corrected chi connectivity index (χ1v) is 8.41. The maximum Gasteiger partial charge on any atom is 0.240 e. The Labute approximate surface area is 126 Å². The van der Waals surface area contributed by atoms with E-state index < -0.39 is 10.0 Å². The minimum atomic E-state index is -3.58. The van der Waals surface area contributed by atoms with Gasteiger partial charge in [0.15, 0.2) is 0 Å². The summed E-state index contributed by atoms with van der Waals surface area (Å²) in [5.74, 6) is -0.175. The fourth-order valence-corrected chi connectivity index (χ4v) is 2.81. The summed E-state index contributed by atoms with van der Waals surface area (Å²) in [6.07, 6.45) is 0.825. The molecule has 0 radical (unpaired) electrons. The highest BCUT2D eigenvalue weighted by molar-refractivity contribution is 7.89. The molecule has 21 heavy (non-hydrogen) atoms. The summed E-state index contributed by atoms with van der Waals surface area (Å²) in [4.78, 5) is 11.6. The molecular formula is C14H23N3O3S. The quantitative estimate of drug-likeness (QED) is 0.646. The van der Waals surface area contributed by atoms with Crippen LogP contribution in [0, 0.1) is 0 Å². The van der Waals surface area contributed by atoms with E-state index in [1.54, 1.807) is 24.3 Å². The summed E-state index contributed by atoms with van der Waals surface area (Å²) in [5.41, 5.74) is 6.44. The molecule has 1 aromatic rings. The van der Waals surface area contributed by atoms with Crippen LogP contribution < -0.4 is 15.8 Å². The lowest BCUT2D eigenvalue weighted by molar-refractivity contribution is -0.121. The summed E-state index contributed by atoms with van der Waals surface area (Å²) in [6.45, 7) is 4.30. The van der Waals surface area contributed by atoms with Crippen molar-refractivity contribution < 1.29 is 13.2 Å². The van der Waals surface area contributed by atoms with Crippen molar-refractivity contribution in [3.63, 3.8) is 0 Å². The third-order valence-electron chi connectivity index (χ3n) is 2.76. The number of amides is 1. The number of hydrogen-bond donors (Lipinski definition) is 3. The van der Waals surface area contributed by atoms with Gasteiger partial charge in [-0.2, -0.15) is 0 Å². The fourth-order valence-electron chi connectivity index (χ4n) is 1.78. The van der Waals surface area contributed by atoms with Gasteiger partial charge in [0.05, 0.1) is 4.90 Å². The van der Waals surface area contributed by atoms with Gasteiger partial charge >= 0.3 is 0 Å². The lowest BCUT2D eigenvalue weighted by Crippen LogP contribution is -2.34. The maximum atomic E-state index is 12.0. The standard InChI is InChI=1S/C14H23N3O3S/c1-11(2)17-14(18)8-10-16-21(19,20)13-5-3-12(4-6-13)7-9-15/h3-6,11,16H,7-10,15H2,1-2H3,(H,17,18). The van der Waals surface area contributed by atoms with Gasteiger partial charge in [-0.05, 0) is 44.5 Å². The Bertz CT molecular complexity index is 553. The molecule has 1 amide bonds. The summed E-state index contributed by atoms with van der Waals surface area (Å²) in [6, 6.07) is 6.62. The molecule has 0 unspecified atom stereocenters. The van der Waals surface area contributed by atoms with Crippen molar-refractivity contribution in [2.75, 3.05) is 13.1 Å². The Morgan fingerprint density at radius 1 is 1.24 bits per heavy atom. The van der Waals surface area contributed by atoms with Crippen LogP contribution in [0.1, 0.15) is 25.8 Å². The van der Waals surface area contributed by atoms with Gasteiger partial charge in [-0.1, -0.05) is 12.1 Å². The smallest absolute Gasteiger partial charge is 0.240 e. The van der Waals surface area contributed by atoms with Gasteiger partial charge in [-0.25, -0.2) is 13.1 Å². The van der Waals surface area contributed by atoms with Crippen LogP contribution in [-0.2, 0) is 21.2 Å². The third kappa shape index (κ3) is 6.24. The highest BCUT2D eigenvalue weighted by atomic mass is 32.2. The number of carbonyl (C=O) groups is 1. The molecule has 0 aliphatic carbocycles. The van der Waals surface area contributed by atoms with Gasteiger partial charge in [0.1, 0.15) is 0 Å². The monoisotopic (exact) mass is 313 g/mol. The van der Waals surface area contributed by atoms with E-state index in [0.717, 1.165) is 5.56 Å². The highest BCUT2D eigenvalue weighted by Gasteiger charge is 2.14. The molecule has 0 aliphatic rings. The second kappa shape index (κ2) is 8.11. The molecule has 0 atom stereocenters. The van der Waals surface area contributed by atoms with Crippen LogP contribution in [0.3, 0.4) is 0 Å². The molecule has 1 aromatic carbocycles. The van der Waals surface area contributed by atoms with Crippen LogP contribution in [0.2, 0.25) is 0 Å². The molecule has 1 rings (SSSR count). The van der Waals surface area contributed by atoms with Crippen molar-refractivity contribution in [3.05, 3.63) is 29.8 Å². The zero-order valence-corrected chi connectivity index (χ0v) is 13.2. The van der Waals surface area contributed by atoms with Gasteiger partial charge in [0.2, 0.25) is 15.9 Å². The van der Waals surface area contributed by atoms with Gasteiger partial charge in [0.25, 0.3) is 0 Å². The zero-order valence-electron chi connectivity index (χ0n) is 12.4. The van der Waals surface area contributed by atoms with E-state index in [-0.39, 0.29) is 29.8 Å². The Balaban J connectivity index is 2.55. The molecule has 0 bridgehead atoms. The van der Waals surface area contributed by atoms with E-state index >= 15 is 0 Å². The van der Waals surface area contributed by atoms with Crippen molar-refractivity contribution in [3.8, 4) is 0 Å². The van der Waals surface area contributed by atoms with Crippen molar-refractivity contribution in [2.24, 2.45) is 5.73 Å². The number of carbonyl (C=O) groups excluding carboxylic acids is 1. The molecule has 0 heterocycles. The van der Waals surface area contributed by atoms with E-state index in [0.29, 0.717) is 13.0 Å². The minimum absolute atomic E-state index is 0.0456.